The van der Waals surface area contributed by atoms with Crippen molar-refractivity contribution in [2.45, 2.75) is 19.3 Å². The van der Waals surface area contributed by atoms with Gasteiger partial charge in [-0.25, -0.2) is 0 Å². The standard InChI is InChI=1S/C10H21N3S/c1-12-5-3-7-13(9-8-12)6-2-4-10(11)14/h2-9H2,1H3,(H2,11,14). The molecular weight excluding hydrogens is 194 g/mol. The Morgan fingerprint density at radius 3 is 2.79 bits per heavy atom. The van der Waals surface area contributed by atoms with Gasteiger partial charge in [0.25, 0.3) is 0 Å². The van der Waals surface area contributed by atoms with Crippen molar-refractivity contribution in [3.05, 3.63) is 0 Å². The molecule has 1 aliphatic rings. The number of hydrogen-bond donors (Lipinski definition) is 1. The van der Waals surface area contributed by atoms with Crippen LogP contribution in [0.3, 0.4) is 0 Å². The first kappa shape index (κ1) is 11.9. The average molecular weight is 215 g/mol. The summed E-state index contributed by atoms with van der Waals surface area (Å²) in [4.78, 5) is 5.56. The molecule has 2 N–H and O–H groups in total. The smallest absolute Gasteiger partial charge is 0.0727 e. The van der Waals surface area contributed by atoms with E-state index in [1.165, 1.54) is 32.6 Å². The van der Waals surface area contributed by atoms with Crippen LogP contribution >= 0.6 is 12.2 Å². The number of thiocarbonyl (C=S) groups is 1. The van der Waals surface area contributed by atoms with Crippen molar-refractivity contribution >= 4 is 17.2 Å². The first-order valence-electron chi connectivity index (χ1n) is 5.37. The third-order valence-corrected chi connectivity index (χ3v) is 2.91. The quantitative estimate of drug-likeness (QED) is 0.700. The lowest BCUT2D eigenvalue weighted by Gasteiger charge is -2.19. The maximum absolute atomic E-state index is 5.47. The third-order valence-electron chi connectivity index (χ3n) is 2.71. The third kappa shape index (κ3) is 4.88. The van der Waals surface area contributed by atoms with E-state index >= 15 is 0 Å². The molecule has 0 aromatic heterocycles. The van der Waals surface area contributed by atoms with Crippen LogP contribution in [0.5, 0.6) is 0 Å². The number of likely N-dealkylation sites (N-methyl/N-ethyl adjacent to an activating group) is 1. The van der Waals surface area contributed by atoms with E-state index in [0.29, 0.717) is 4.99 Å². The second-order valence-corrected chi connectivity index (χ2v) is 4.59. The number of nitrogens with two attached hydrogens (primary N) is 1. The summed E-state index contributed by atoms with van der Waals surface area (Å²) in [5.74, 6) is 0. The van der Waals surface area contributed by atoms with Crippen molar-refractivity contribution in [3.63, 3.8) is 0 Å². The van der Waals surface area contributed by atoms with Gasteiger partial charge in [0.15, 0.2) is 0 Å². The van der Waals surface area contributed by atoms with E-state index in [-0.39, 0.29) is 0 Å². The molecule has 0 aromatic carbocycles. The van der Waals surface area contributed by atoms with Crippen LogP contribution in [-0.4, -0.2) is 54.6 Å². The van der Waals surface area contributed by atoms with Gasteiger partial charge in [-0.05, 0) is 45.9 Å². The number of nitrogens with zero attached hydrogens (tertiary/aromatic N) is 2. The molecule has 82 valence electrons. The van der Waals surface area contributed by atoms with E-state index in [9.17, 15) is 0 Å². The van der Waals surface area contributed by atoms with Gasteiger partial charge in [-0.1, -0.05) is 12.2 Å². The maximum atomic E-state index is 5.47. The van der Waals surface area contributed by atoms with E-state index in [1.807, 2.05) is 0 Å². The van der Waals surface area contributed by atoms with Gasteiger partial charge in [0.05, 0.1) is 4.99 Å². The van der Waals surface area contributed by atoms with E-state index in [1.54, 1.807) is 0 Å². The first-order valence-corrected chi connectivity index (χ1v) is 5.78. The maximum Gasteiger partial charge on any atom is 0.0727 e. The largest absolute Gasteiger partial charge is 0.393 e. The van der Waals surface area contributed by atoms with Gasteiger partial charge in [-0.3, -0.25) is 0 Å². The lowest BCUT2D eigenvalue weighted by molar-refractivity contribution is 0.275. The van der Waals surface area contributed by atoms with Gasteiger partial charge >= 0.3 is 0 Å². The zero-order chi connectivity index (χ0) is 10.4. The highest BCUT2D eigenvalue weighted by Crippen LogP contribution is 2.02. The molecule has 0 atom stereocenters. The average Bonchev–Trinajstić information content (AvgIpc) is 2.30. The summed E-state index contributed by atoms with van der Waals surface area (Å²) in [6.07, 6.45) is 3.28. The molecule has 0 amide bonds. The summed E-state index contributed by atoms with van der Waals surface area (Å²) < 4.78 is 0. The summed E-state index contributed by atoms with van der Waals surface area (Å²) in [6.45, 7) is 5.97. The normalized spacial score (nSPS) is 20.6. The molecule has 1 aliphatic heterocycles. The van der Waals surface area contributed by atoms with Crippen molar-refractivity contribution in [1.82, 2.24) is 9.80 Å². The summed E-state index contributed by atoms with van der Waals surface area (Å²) in [5, 5.41) is 0. The van der Waals surface area contributed by atoms with E-state index in [4.69, 9.17) is 18.0 Å². The zero-order valence-electron chi connectivity index (χ0n) is 9.04. The molecule has 1 fully saturated rings. The lowest BCUT2D eigenvalue weighted by Crippen LogP contribution is -2.30. The fourth-order valence-corrected chi connectivity index (χ4v) is 1.94. The van der Waals surface area contributed by atoms with Crippen LogP contribution in [0.25, 0.3) is 0 Å². The van der Waals surface area contributed by atoms with Gasteiger partial charge in [0, 0.05) is 13.1 Å². The SMILES string of the molecule is CN1CCCN(CCCC(N)=S)CC1. The summed E-state index contributed by atoms with van der Waals surface area (Å²) in [7, 11) is 2.19. The van der Waals surface area contributed by atoms with Crippen molar-refractivity contribution in [1.29, 1.82) is 0 Å². The van der Waals surface area contributed by atoms with Gasteiger partial charge in [-0.2, -0.15) is 0 Å². The highest BCUT2D eigenvalue weighted by molar-refractivity contribution is 7.80. The van der Waals surface area contributed by atoms with E-state index in [2.05, 4.69) is 16.8 Å². The summed E-state index contributed by atoms with van der Waals surface area (Å²) in [5.41, 5.74) is 5.47. The highest BCUT2D eigenvalue weighted by atomic mass is 32.1. The van der Waals surface area contributed by atoms with Crippen LogP contribution in [0.15, 0.2) is 0 Å². The molecule has 3 nitrogen and oxygen atoms in total. The number of rotatable bonds is 4. The second kappa shape index (κ2) is 6.32. The fourth-order valence-electron chi connectivity index (χ4n) is 1.80. The molecule has 0 saturated carbocycles. The second-order valence-electron chi connectivity index (χ2n) is 4.07. The van der Waals surface area contributed by atoms with E-state index < -0.39 is 0 Å². The Kier molecular flexibility index (Phi) is 5.37. The molecule has 0 aliphatic carbocycles. The Labute approximate surface area is 92.2 Å². The Balaban J connectivity index is 2.14. The van der Waals surface area contributed by atoms with Crippen LogP contribution in [0.4, 0.5) is 0 Å². The Morgan fingerprint density at radius 2 is 2.07 bits per heavy atom. The molecule has 1 saturated heterocycles. The molecule has 0 unspecified atom stereocenters. The monoisotopic (exact) mass is 215 g/mol. The molecule has 0 bridgehead atoms. The van der Waals surface area contributed by atoms with Gasteiger partial charge in [0.1, 0.15) is 0 Å². The predicted molar refractivity (Wildman–Crippen MR) is 64.6 cm³/mol. The molecule has 0 aromatic rings. The molecule has 1 heterocycles. The van der Waals surface area contributed by atoms with Crippen molar-refractivity contribution in [3.8, 4) is 0 Å². The van der Waals surface area contributed by atoms with Gasteiger partial charge in [-0.15, -0.1) is 0 Å². The Morgan fingerprint density at radius 1 is 1.29 bits per heavy atom. The number of hydrogen-bond acceptors (Lipinski definition) is 3. The molecule has 4 heteroatoms. The van der Waals surface area contributed by atoms with Gasteiger partial charge < -0.3 is 15.5 Å². The predicted octanol–water partition coefficient (Wildman–Crippen LogP) is 0.690. The minimum atomic E-state index is 0.650. The van der Waals surface area contributed by atoms with Crippen LogP contribution in [0.2, 0.25) is 0 Å². The highest BCUT2D eigenvalue weighted by Gasteiger charge is 2.10. The zero-order valence-corrected chi connectivity index (χ0v) is 9.85. The summed E-state index contributed by atoms with van der Waals surface area (Å²) in [6, 6.07) is 0. The molecule has 1 rings (SSSR count). The minimum absolute atomic E-state index is 0.650. The Bertz CT molecular complexity index is 184. The van der Waals surface area contributed by atoms with Crippen molar-refractivity contribution < 1.29 is 0 Å². The van der Waals surface area contributed by atoms with Crippen molar-refractivity contribution in [2.24, 2.45) is 5.73 Å². The first-order chi connectivity index (χ1) is 6.68. The molecule has 0 spiro atoms. The molecular formula is C10H21N3S. The fraction of sp³-hybridized carbons (Fsp3) is 0.900. The van der Waals surface area contributed by atoms with Crippen LogP contribution in [0, 0.1) is 0 Å². The van der Waals surface area contributed by atoms with E-state index in [0.717, 1.165) is 19.4 Å². The van der Waals surface area contributed by atoms with Gasteiger partial charge in [0.2, 0.25) is 0 Å². The van der Waals surface area contributed by atoms with Crippen LogP contribution < -0.4 is 5.73 Å². The topological polar surface area (TPSA) is 32.5 Å². The van der Waals surface area contributed by atoms with Crippen LogP contribution in [0.1, 0.15) is 19.3 Å². The minimum Gasteiger partial charge on any atom is -0.393 e. The molecule has 14 heavy (non-hydrogen) atoms. The molecule has 0 radical (unpaired) electrons. The van der Waals surface area contributed by atoms with Crippen molar-refractivity contribution in [2.75, 3.05) is 39.8 Å². The Hall–Kier alpha value is -0.190. The van der Waals surface area contributed by atoms with Crippen LogP contribution in [-0.2, 0) is 0 Å². The lowest BCUT2D eigenvalue weighted by atomic mass is 10.3. The summed E-state index contributed by atoms with van der Waals surface area (Å²) >= 11 is 4.86.